The molecule has 1 aromatic rings. The van der Waals surface area contributed by atoms with Gasteiger partial charge >= 0.3 is 0 Å². The Labute approximate surface area is 101 Å². The molecule has 1 aromatic carbocycles. The molecule has 1 heterocycles. The number of nitrogens with zero attached hydrogens (tertiary/aromatic N) is 1. The molecular weight excluding hydrogens is 218 g/mol. The Balaban J connectivity index is 2.18. The summed E-state index contributed by atoms with van der Waals surface area (Å²) in [5.74, 6) is 1.53. The van der Waals surface area contributed by atoms with Crippen LogP contribution in [-0.4, -0.2) is 23.6 Å². The third kappa shape index (κ3) is 2.35. The van der Waals surface area contributed by atoms with E-state index >= 15 is 0 Å². The van der Waals surface area contributed by atoms with Crippen molar-refractivity contribution in [3.63, 3.8) is 0 Å². The van der Waals surface area contributed by atoms with Gasteiger partial charge in [0.2, 0.25) is 0 Å². The van der Waals surface area contributed by atoms with E-state index in [-0.39, 0.29) is 6.10 Å². The minimum absolute atomic E-state index is 0.237. The monoisotopic (exact) mass is 235 g/mol. The molecule has 0 spiro atoms. The van der Waals surface area contributed by atoms with Crippen molar-refractivity contribution in [3.8, 4) is 11.5 Å². The van der Waals surface area contributed by atoms with Crippen LogP contribution in [0.3, 0.4) is 0 Å². The molecule has 2 rings (SSSR count). The highest BCUT2D eigenvalue weighted by Gasteiger charge is 2.20. The van der Waals surface area contributed by atoms with Crippen LogP contribution in [-0.2, 0) is 0 Å². The molecule has 0 saturated carbocycles. The molecule has 1 aliphatic rings. The minimum atomic E-state index is 0.237. The Morgan fingerprint density at radius 3 is 2.82 bits per heavy atom. The van der Waals surface area contributed by atoms with Crippen LogP contribution in [0.5, 0.6) is 11.5 Å². The lowest BCUT2D eigenvalue weighted by molar-refractivity contribution is 0.192. The number of benzene rings is 1. The highest BCUT2D eigenvalue weighted by Crippen LogP contribution is 2.30. The smallest absolute Gasteiger partial charge is 0.134 e. The third-order valence-corrected chi connectivity index (χ3v) is 2.96. The van der Waals surface area contributed by atoms with Gasteiger partial charge in [-0.2, -0.15) is 0 Å². The maximum absolute atomic E-state index is 8.78. The van der Waals surface area contributed by atoms with Gasteiger partial charge in [0.1, 0.15) is 23.8 Å². The quantitative estimate of drug-likeness (QED) is 0.645. The molecule has 17 heavy (non-hydrogen) atoms. The molecule has 4 heteroatoms. The van der Waals surface area contributed by atoms with Crippen LogP contribution in [0.2, 0.25) is 0 Å². The molecule has 0 atom stereocenters. The Morgan fingerprint density at radius 1 is 1.41 bits per heavy atom. The summed E-state index contributed by atoms with van der Waals surface area (Å²) < 4.78 is 11.2. The van der Waals surface area contributed by atoms with E-state index in [0.29, 0.717) is 12.3 Å². The molecule has 4 nitrogen and oxygen atoms in total. The molecule has 0 radical (unpaired) electrons. The fourth-order valence-electron chi connectivity index (χ4n) is 1.89. The normalized spacial score (nSPS) is 16.1. The lowest BCUT2D eigenvalue weighted by Gasteiger charge is -2.15. The van der Waals surface area contributed by atoms with Crippen LogP contribution in [0.25, 0.3) is 0 Å². The van der Waals surface area contributed by atoms with Crippen molar-refractivity contribution in [1.82, 2.24) is 0 Å². The summed E-state index contributed by atoms with van der Waals surface area (Å²) in [6.07, 6.45) is 2.20. The van der Waals surface area contributed by atoms with Gasteiger partial charge in [-0.15, -0.1) is 0 Å². The predicted octanol–water partition coefficient (Wildman–Crippen LogP) is 2.82. The van der Waals surface area contributed by atoms with E-state index in [2.05, 4.69) is 19.0 Å². The van der Waals surface area contributed by atoms with Crippen molar-refractivity contribution in [1.29, 1.82) is 0 Å². The Kier molecular flexibility index (Phi) is 3.52. The van der Waals surface area contributed by atoms with Crippen LogP contribution >= 0.6 is 0 Å². The van der Waals surface area contributed by atoms with E-state index in [4.69, 9.17) is 14.7 Å². The maximum atomic E-state index is 8.78. The van der Waals surface area contributed by atoms with Crippen molar-refractivity contribution < 1.29 is 14.7 Å². The average molecular weight is 235 g/mol. The van der Waals surface area contributed by atoms with Crippen molar-refractivity contribution in [3.05, 3.63) is 23.8 Å². The maximum Gasteiger partial charge on any atom is 0.134 e. The van der Waals surface area contributed by atoms with Crippen LogP contribution in [0.1, 0.15) is 32.3 Å². The molecule has 1 aliphatic heterocycles. The van der Waals surface area contributed by atoms with Gasteiger partial charge < -0.3 is 14.7 Å². The first kappa shape index (κ1) is 11.8. The zero-order valence-electron chi connectivity index (χ0n) is 10.1. The van der Waals surface area contributed by atoms with E-state index in [1.165, 1.54) is 0 Å². The Bertz CT molecular complexity index is 425. The van der Waals surface area contributed by atoms with Gasteiger partial charge in [0, 0.05) is 11.6 Å². The lowest BCUT2D eigenvalue weighted by Crippen LogP contribution is -2.13. The molecule has 0 fully saturated rings. The van der Waals surface area contributed by atoms with E-state index in [1.807, 2.05) is 18.2 Å². The van der Waals surface area contributed by atoms with Gasteiger partial charge in [-0.25, -0.2) is 0 Å². The van der Waals surface area contributed by atoms with E-state index in [1.54, 1.807) is 0 Å². The molecule has 0 aliphatic carbocycles. The molecule has 1 N–H and O–H groups in total. The van der Waals surface area contributed by atoms with Crippen molar-refractivity contribution in [2.45, 2.75) is 32.8 Å². The minimum Gasteiger partial charge on any atom is -0.490 e. The van der Waals surface area contributed by atoms with E-state index < -0.39 is 0 Å². The topological polar surface area (TPSA) is 51.0 Å². The lowest BCUT2D eigenvalue weighted by atomic mass is 10.1. The van der Waals surface area contributed by atoms with Gasteiger partial charge in [-0.3, -0.25) is 0 Å². The van der Waals surface area contributed by atoms with Crippen LogP contribution in [0, 0.1) is 0 Å². The van der Waals surface area contributed by atoms with Gasteiger partial charge in [0.15, 0.2) is 0 Å². The summed E-state index contributed by atoms with van der Waals surface area (Å²) in [6.45, 7) is 4.53. The highest BCUT2D eigenvalue weighted by molar-refractivity contribution is 6.05. The molecule has 92 valence electrons. The van der Waals surface area contributed by atoms with Gasteiger partial charge in [-0.1, -0.05) is 19.0 Å². The number of hydrogen-bond acceptors (Lipinski definition) is 4. The van der Waals surface area contributed by atoms with Gasteiger partial charge in [0.05, 0.1) is 6.10 Å². The Morgan fingerprint density at radius 2 is 2.18 bits per heavy atom. The molecule has 0 amide bonds. The van der Waals surface area contributed by atoms with Gasteiger partial charge in [0.25, 0.3) is 0 Å². The van der Waals surface area contributed by atoms with Crippen LogP contribution in [0.4, 0.5) is 0 Å². The first-order chi connectivity index (χ1) is 8.28. The number of hydrogen-bond donors (Lipinski definition) is 1. The number of fused-ring (bicyclic) bond motifs is 1. The predicted molar refractivity (Wildman–Crippen MR) is 65.3 cm³/mol. The SMILES string of the molecule is CCC(CC)Oc1ccc2c(c1)OCC2=NO. The van der Waals surface area contributed by atoms with Crippen molar-refractivity contribution in [2.75, 3.05) is 6.61 Å². The summed E-state index contributed by atoms with van der Waals surface area (Å²) in [5.41, 5.74) is 1.40. The summed E-state index contributed by atoms with van der Waals surface area (Å²) in [5, 5.41) is 12.0. The molecule has 0 unspecified atom stereocenters. The molecule has 0 bridgehead atoms. The fraction of sp³-hybridized carbons (Fsp3) is 0.462. The van der Waals surface area contributed by atoms with Crippen molar-refractivity contribution in [2.24, 2.45) is 5.16 Å². The number of ether oxygens (including phenoxy) is 2. The largest absolute Gasteiger partial charge is 0.490 e. The van der Waals surface area contributed by atoms with E-state index in [9.17, 15) is 0 Å². The second kappa shape index (κ2) is 5.08. The highest BCUT2D eigenvalue weighted by atomic mass is 16.5. The Hall–Kier alpha value is -1.71. The molecule has 0 aromatic heterocycles. The van der Waals surface area contributed by atoms with Crippen molar-refractivity contribution >= 4 is 5.71 Å². The van der Waals surface area contributed by atoms with Gasteiger partial charge in [-0.05, 0) is 25.0 Å². The number of rotatable bonds is 4. The summed E-state index contributed by atoms with van der Waals surface area (Å²) in [4.78, 5) is 0. The first-order valence-electron chi connectivity index (χ1n) is 5.93. The van der Waals surface area contributed by atoms with Crippen LogP contribution < -0.4 is 9.47 Å². The summed E-state index contributed by atoms with van der Waals surface area (Å²) >= 11 is 0. The zero-order chi connectivity index (χ0) is 12.3. The second-order valence-corrected chi connectivity index (χ2v) is 4.05. The standard InChI is InChI=1S/C13H17NO3/c1-3-9(4-2)17-10-5-6-11-12(14-15)8-16-13(11)7-10/h5-7,9,15H,3-4,8H2,1-2H3. The summed E-state index contributed by atoms with van der Waals surface area (Å²) in [6, 6.07) is 5.61. The first-order valence-corrected chi connectivity index (χ1v) is 5.93. The zero-order valence-corrected chi connectivity index (χ0v) is 10.1. The van der Waals surface area contributed by atoms with E-state index in [0.717, 1.165) is 29.9 Å². The number of oxime groups is 1. The third-order valence-electron chi connectivity index (χ3n) is 2.96. The average Bonchev–Trinajstić information content (AvgIpc) is 2.78. The summed E-state index contributed by atoms with van der Waals surface area (Å²) in [7, 11) is 0. The molecular formula is C13H17NO3. The van der Waals surface area contributed by atoms with Crippen LogP contribution in [0.15, 0.2) is 23.4 Å². The fourth-order valence-corrected chi connectivity index (χ4v) is 1.89. The second-order valence-electron chi connectivity index (χ2n) is 4.05. The molecule has 0 saturated heterocycles.